The highest BCUT2D eigenvalue weighted by Gasteiger charge is 2.14. The third-order valence-corrected chi connectivity index (χ3v) is 3.62. The maximum atomic E-state index is 5.82. The van der Waals surface area contributed by atoms with Gasteiger partial charge in [0.05, 0.1) is 0 Å². The molecule has 1 saturated carbocycles. The van der Waals surface area contributed by atoms with E-state index in [4.69, 9.17) is 5.73 Å². The Morgan fingerprint density at radius 1 is 1.24 bits per heavy atom. The van der Waals surface area contributed by atoms with Gasteiger partial charge in [-0.1, -0.05) is 25.7 Å². The summed E-state index contributed by atoms with van der Waals surface area (Å²) in [6.07, 6.45) is 6.84. The Morgan fingerprint density at radius 3 is 2.65 bits per heavy atom. The zero-order valence-electron chi connectivity index (χ0n) is 10.8. The molecule has 0 saturated heterocycles. The van der Waals surface area contributed by atoms with Crippen LogP contribution in [0.1, 0.15) is 43.5 Å². The van der Waals surface area contributed by atoms with E-state index in [0.717, 1.165) is 29.7 Å². The van der Waals surface area contributed by atoms with E-state index in [1.165, 1.54) is 32.1 Å². The van der Waals surface area contributed by atoms with Crippen LogP contribution in [0.2, 0.25) is 0 Å². The number of aryl methyl sites for hydroxylation is 1. The summed E-state index contributed by atoms with van der Waals surface area (Å²) in [6.45, 7) is 4.83. The van der Waals surface area contributed by atoms with Gasteiger partial charge in [0.2, 0.25) is 0 Å². The summed E-state index contributed by atoms with van der Waals surface area (Å²) in [5, 5.41) is 3.39. The highest BCUT2D eigenvalue weighted by atomic mass is 15.0. The van der Waals surface area contributed by atoms with Gasteiger partial charge in [0.25, 0.3) is 0 Å². The van der Waals surface area contributed by atoms with Gasteiger partial charge < -0.3 is 11.1 Å². The molecule has 0 aliphatic heterocycles. The predicted molar refractivity (Wildman–Crippen MR) is 71.0 cm³/mol. The molecule has 94 valence electrons. The van der Waals surface area contributed by atoms with Crippen LogP contribution in [0.5, 0.6) is 0 Å². The predicted octanol–water partition coefficient (Wildman–Crippen LogP) is 2.67. The Bertz CT molecular complexity index is 383. The number of aromatic nitrogens is 2. The molecule has 0 atom stereocenters. The quantitative estimate of drug-likeness (QED) is 0.840. The second-order valence-electron chi connectivity index (χ2n) is 5.00. The number of nitrogens with two attached hydrogens (primary N) is 1. The molecule has 0 unspecified atom stereocenters. The van der Waals surface area contributed by atoms with Crippen LogP contribution in [0.25, 0.3) is 0 Å². The first kappa shape index (κ1) is 12.1. The molecule has 1 fully saturated rings. The van der Waals surface area contributed by atoms with Gasteiger partial charge in [-0.05, 0) is 26.2 Å². The summed E-state index contributed by atoms with van der Waals surface area (Å²) in [7, 11) is 0. The minimum absolute atomic E-state index is 0.584. The maximum absolute atomic E-state index is 5.82. The molecule has 1 aromatic heterocycles. The molecule has 2 rings (SSSR count). The summed E-state index contributed by atoms with van der Waals surface area (Å²) in [5.74, 6) is 3.12. The maximum Gasteiger partial charge on any atom is 0.134 e. The number of nitrogen functional groups attached to an aromatic ring is 1. The first-order chi connectivity index (χ1) is 8.16. The van der Waals surface area contributed by atoms with Crippen LogP contribution in [0.4, 0.5) is 11.6 Å². The van der Waals surface area contributed by atoms with Gasteiger partial charge in [0.1, 0.15) is 17.5 Å². The molecule has 0 bridgehead atoms. The molecule has 1 aliphatic carbocycles. The van der Waals surface area contributed by atoms with Crippen molar-refractivity contribution in [1.82, 2.24) is 9.97 Å². The summed E-state index contributed by atoms with van der Waals surface area (Å²) in [5.41, 5.74) is 6.78. The van der Waals surface area contributed by atoms with Crippen LogP contribution in [-0.2, 0) is 0 Å². The van der Waals surface area contributed by atoms with Gasteiger partial charge in [-0.15, -0.1) is 0 Å². The van der Waals surface area contributed by atoms with Crippen molar-refractivity contribution in [3.8, 4) is 0 Å². The molecule has 1 heterocycles. The standard InChI is InChI=1S/C13H22N4/c1-9-12(14)16-10(2)17-13(9)15-8-7-11-5-3-4-6-11/h11H,3-8H2,1-2H3,(H3,14,15,16,17). The lowest BCUT2D eigenvalue weighted by molar-refractivity contribution is 0.518. The lowest BCUT2D eigenvalue weighted by Crippen LogP contribution is -2.11. The normalized spacial score (nSPS) is 16.4. The molecule has 1 aliphatic rings. The van der Waals surface area contributed by atoms with E-state index in [0.29, 0.717) is 5.82 Å². The van der Waals surface area contributed by atoms with Gasteiger partial charge in [-0.2, -0.15) is 0 Å². The van der Waals surface area contributed by atoms with Crippen molar-refractivity contribution < 1.29 is 0 Å². The van der Waals surface area contributed by atoms with Crippen LogP contribution < -0.4 is 11.1 Å². The first-order valence-electron chi connectivity index (χ1n) is 6.51. The van der Waals surface area contributed by atoms with Crippen molar-refractivity contribution in [1.29, 1.82) is 0 Å². The molecular weight excluding hydrogens is 212 g/mol. The van der Waals surface area contributed by atoms with E-state index in [-0.39, 0.29) is 0 Å². The molecule has 0 aromatic carbocycles. The number of anilines is 2. The smallest absolute Gasteiger partial charge is 0.134 e. The Hall–Kier alpha value is -1.32. The number of rotatable bonds is 4. The third kappa shape index (κ3) is 3.08. The summed E-state index contributed by atoms with van der Waals surface area (Å²) >= 11 is 0. The van der Waals surface area contributed by atoms with Gasteiger partial charge >= 0.3 is 0 Å². The van der Waals surface area contributed by atoms with Gasteiger partial charge in [0, 0.05) is 12.1 Å². The van der Waals surface area contributed by atoms with Gasteiger partial charge in [-0.25, -0.2) is 9.97 Å². The van der Waals surface area contributed by atoms with Crippen molar-refractivity contribution in [3.63, 3.8) is 0 Å². The fourth-order valence-electron chi connectivity index (χ4n) is 2.52. The second-order valence-corrected chi connectivity index (χ2v) is 5.00. The third-order valence-electron chi connectivity index (χ3n) is 3.62. The molecule has 0 radical (unpaired) electrons. The fourth-order valence-corrected chi connectivity index (χ4v) is 2.52. The number of nitrogens with zero attached hydrogens (tertiary/aromatic N) is 2. The van der Waals surface area contributed by atoms with Crippen LogP contribution >= 0.6 is 0 Å². The molecule has 17 heavy (non-hydrogen) atoms. The van der Waals surface area contributed by atoms with Crippen molar-refractivity contribution in [2.75, 3.05) is 17.6 Å². The topological polar surface area (TPSA) is 63.8 Å². The van der Waals surface area contributed by atoms with Gasteiger partial charge in [-0.3, -0.25) is 0 Å². The Morgan fingerprint density at radius 2 is 1.94 bits per heavy atom. The Labute approximate surface area is 103 Å². The molecule has 3 N–H and O–H groups in total. The van der Waals surface area contributed by atoms with Crippen molar-refractivity contribution >= 4 is 11.6 Å². The van der Waals surface area contributed by atoms with Crippen LogP contribution in [0.15, 0.2) is 0 Å². The molecular formula is C13H22N4. The fraction of sp³-hybridized carbons (Fsp3) is 0.692. The average molecular weight is 234 g/mol. The highest BCUT2D eigenvalue weighted by molar-refractivity contribution is 5.54. The van der Waals surface area contributed by atoms with Crippen LogP contribution in [0, 0.1) is 19.8 Å². The van der Waals surface area contributed by atoms with E-state index >= 15 is 0 Å². The largest absolute Gasteiger partial charge is 0.383 e. The monoisotopic (exact) mass is 234 g/mol. The Balaban J connectivity index is 1.89. The van der Waals surface area contributed by atoms with Crippen molar-refractivity contribution in [2.24, 2.45) is 5.92 Å². The van der Waals surface area contributed by atoms with E-state index < -0.39 is 0 Å². The van der Waals surface area contributed by atoms with Gasteiger partial charge in [0.15, 0.2) is 0 Å². The number of nitrogens with one attached hydrogen (secondary N) is 1. The average Bonchev–Trinajstić information content (AvgIpc) is 2.78. The van der Waals surface area contributed by atoms with Crippen LogP contribution in [0.3, 0.4) is 0 Å². The lowest BCUT2D eigenvalue weighted by Gasteiger charge is -2.13. The first-order valence-corrected chi connectivity index (χ1v) is 6.51. The second kappa shape index (κ2) is 5.34. The van der Waals surface area contributed by atoms with E-state index in [1.54, 1.807) is 0 Å². The highest BCUT2D eigenvalue weighted by Crippen LogP contribution is 2.27. The SMILES string of the molecule is Cc1nc(N)c(C)c(NCCC2CCCC2)n1. The van der Waals surface area contributed by atoms with Crippen molar-refractivity contribution in [2.45, 2.75) is 46.0 Å². The minimum atomic E-state index is 0.584. The summed E-state index contributed by atoms with van der Waals surface area (Å²) in [6, 6.07) is 0. The molecule has 4 heteroatoms. The molecule has 4 nitrogen and oxygen atoms in total. The lowest BCUT2D eigenvalue weighted by atomic mass is 10.0. The molecule has 1 aromatic rings. The van der Waals surface area contributed by atoms with E-state index in [2.05, 4.69) is 15.3 Å². The van der Waals surface area contributed by atoms with Crippen LogP contribution in [-0.4, -0.2) is 16.5 Å². The minimum Gasteiger partial charge on any atom is -0.383 e. The molecule has 0 spiro atoms. The number of hydrogen-bond acceptors (Lipinski definition) is 4. The zero-order chi connectivity index (χ0) is 12.3. The molecule has 0 amide bonds. The van der Waals surface area contributed by atoms with Crippen molar-refractivity contribution in [3.05, 3.63) is 11.4 Å². The summed E-state index contributed by atoms with van der Waals surface area (Å²) in [4.78, 5) is 8.54. The van der Waals surface area contributed by atoms with E-state index in [9.17, 15) is 0 Å². The Kier molecular flexibility index (Phi) is 3.82. The zero-order valence-corrected chi connectivity index (χ0v) is 10.8. The number of hydrogen-bond donors (Lipinski definition) is 2. The van der Waals surface area contributed by atoms with E-state index in [1.807, 2.05) is 13.8 Å². The summed E-state index contributed by atoms with van der Waals surface area (Å²) < 4.78 is 0.